The smallest absolute Gasteiger partial charge is 0.250 e. The van der Waals surface area contributed by atoms with Crippen molar-refractivity contribution in [2.24, 2.45) is 5.92 Å². The maximum absolute atomic E-state index is 14.7. The van der Waals surface area contributed by atoms with Gasteiger partial charge in [-0.3, -0.25) is 19.4 Å². The first-order chi connectivity index (χ1) is 20.7. The second kappa shape index (κ2) is 11.6. The number of anilines is 1. The van der Waals surface area contributed by atoms with E-state index in [0.717, 1.165) is 12.1 Å². The molecule has 12 heteroatoms. The summed E-state index contributed by atoms with van der Waals surface area (Å²) in [5.74, 6) is -2.58. The van der Waals surface area contributed by atoms with Crippen LogP contribution in [0.2, 0.25) is 5.02 Å². The van der Waals surface area contributed by atoms with Gasteiger partial charge in [0.15, 0.2) is 5.82 Å². The highest BCUT2D eigenvalue weighted by Gasteiger charge is 2.31. The third kappa shape index (κ3) is 5.60. The lowest BCUT2D eigenvalue weighted by Gasteiger charge is -2.34. The second-order valence-corrected chi connectivity index (χ2v) is 11.1. The molecule has 0 radical (unpaired) electrons. The van der Waals surface area contributed by atoms with Crippen molar-refractivity contribution in [1.29, 1.82) is 0 Å². The van der Waals surface area contributed by atoms with Crippen LogP contribution in [0, 0.1) is 17.6 Å². The summed E-state index contributed by atoms with van der Waals surface area (Å²) >= 11 is 5.90. The number of amides is 2. The highest BCUT2D eigenvalue weighted by atomic mass is 35.5. The zero-order chi connectivity index (χ0) is 30.2. The normalized spacial score (nSPS) is 19.2. The van der Waals surface area contributed by atoms with Gasteiger partial charge in [0.05, 0.1) is 39.9 Å². The summed E-state index contributed by atoms with van der Waals surface area (Å²) in [7, 11) is 0. The van der Waals surface area contributed by atoms with E-state index in [0.29, 0.717) is 47.6 Å². The van der Waals surface area contributed by atoms with Gasteiger partial charge >= 0.3 is 0 Å². The molecule has 2 bridgehead atoms. The highest BCUT2D eigenvalue weighted by molar-refractivity contribution is 6.31. The van der Waals surface area contributed by atoms with Crippen LogP contribution in [-0.2, 0) is 9.59 Å². The molecule has 220 valence electrons. The number of rotatable bonds is 3. The van der Waals surface area contributed by atoms with E-state index < -0.39 is 23.6 Å². The molecule has 3 aromatic heterocycles. The van der Waals surface area contributed by atoms with Crippen LogP contribution in [-0.4, -0.2) is 43.0 Å². The summed E-state index contributed by atoms with van der Waals surface area (Å²) in [5, 5.41) is 7.46. The first-order valence-corrected chi connectivity index (χ1v) is 14.3. The molecule has 0 fully saturated rings. The topological polar surface area (TPSA) is 113 Å². The fraction of sp³-hybridized carbons (Fsp3) is 0.258. The number of halogens is 3. The maximum atomic E-state index is 14.7. The van der Waals surface area contributed by atoms with Gasteiger partial charge in [0.2, 0.25) is 17.4 Å². The SMILES string of the molecule is C[C@@H]1CCC[C@H](N2CCC(c3c(F)ccc(Cl)c3F)=CC2=O)c2cc(ccn2)-c2nn(-c3cc[nH]c(=O)c3)cc2NC1=O. The van der Waals surface area contributed by atoms with Crippen LogP contribution < -0.4 is 10.9 Å². The van der Waals surface area contributed by atoms with Gasteiger partial charge in [-0.2, -0.15) is 5.10 Å². The number of hydrogen-bond acceptors (Lipinski definition) is 5. The largest absolute Gasteiger partial charge is 0.330 e. The van der Waals surface area contributed by atoms with Gasteiger partial charge in [-0.05, 0) is 55.2 Å². The van der Waals surface area contributed by atoms with Crippen LogP contribution in [0.15, 0.2) is 65.9 Å². The minimum atomic E-state index is -0.892. The first kappa shape index (κ1) is 28.5. The van der Waals surface area contributed by atoms with E-state index in [2.05, 4.69) is 15.3 Å². The van der Waals surface area contributed by atoms with Crippen LogP contribution >= 0.6 is 11.6 Å². The average Bonchev–Trinajstić information content (AvgIpc) is 3.41. The molecule has 43 heavy (non-hydrogen) atoms. The number of carbonyl (C=O) groups is 2. The number of fused-ring (bicyclic) bond motifs is 4. The van der Waals surface area contributed by atoms with Crippen molar-refractivity contribution in [3.05, 3.63) is 99.3 Å². The Morgan fingerprint density at radius 2 is 1.91 bits per heavy atom. The maximum Gasteiger partial charge on any atom is 0.250 e. The highest BCUT2D eigenvalue weighted by Crippen LogP contribution is 2.37. The van der Waals surface area contributed by atoms with Crippen molar-refractivity contribution < 1.29 is 18.4 Å². The molecule has 0 unspecified atom stereocenters. The molecule has 2 atom stereocenters. The van der Waals surface area contributed by atoms with Gasteiger partial charge in [0.1, 0.15) is 11.5 Å². The Hall–Kier alpha value is -4.64. The Morgan fingerprint density at radius 1 is 1.07 bits per heavy atom. The van der Waals surface area contributed by atoms with E-state index in [-0.39, 0.29) is 46.5 Å². The number of pyridine rings is 2. The lowest BCUT2D eigenvalue weighted by atomic mass is 9.93. The summed E-state index contributed by atoms with van der Waals surface area (Å²) < 4.78 is 30.8. The van der Waals surface area contributed by atoms with Crippen LogP contribution in [0.3, 0.4) is 0 Å². The molecule has 0 spiro atoms. The Morgan fingerprint density at radius 3 is 2.70 bits per heavy atom. The molecule has 0 aliphatic carbocycles. The molecule has 6 rings (SSSR count). The van der Waals surface area contributed by atoms with Gasteiger partial charge in [0.25, 0.3) is 0 Å². The van der Waals surface area contributed by atoms with Crippen LogP contribution in [0.4, 0.5) is 14.5 Å². The molecule has 4 aromatic rings. The van der Waals surface area contributed by atoms with E-state index in [9.17, 15) is 23.2 Å². The van der Waals surface area contributed by atoms with Crippen LogP contribution in [0.1, 0.15) is 49.9 Å². The zero-order valence-corrected chi connectivity index (χ0v) is 23.9. The minimum absolute atomic E-state index is 0.176. The monoisotopic (exact) mass is 604 g/mol. The minimum Gasteiger partial charge on any atom is -0.330 e. The van der Waals surface area contributed by atoms with Gasteiger partial charge < -0.3 is 15.2 Å². The number of aromatic amines is 1. The van der Waals surface area contributed by atoms with Crippen LogP contribution in [0.25, 0.3) is 22.5 Å². The fourth-order valence-corrected chi connectivity index (χ4v) is 5.77. The van der Waals surface area contributed by atoms with Crippen molar-refractivity contribution in [3.8, 4) is 16.9 Å². The van der Waals surface area contributed by atoms with Crippen molar-refractivity contribution in [2.75, 3.05) is 11.9 Å². The molecular formula is C31H27ClF2N6O3. The van der Waals surface area contributed by atoms with E-state index in [4.69, 9.17) is 16.7 Å². The third-order valence-corrected chi connectivity index (χ3v) is 8.19. The Labute approximate surface area is 250 Å². The summed E-state index contributed by atoms with van der Waals surface area (Å²) in [6.45, 7) is 2.05. The van der Waals surface area contributed by atoms with Gasteiger partial charge in [-0.25, -0.2) is 13.5 Å². The van der Waals surface area contributed by atoms with Crippen molar-refractivity contribution in [2.45, 2.75) is 38.6 Å². The predicted octanol–water partition coefficient (Wildman–Crippen LogP) is 5.67. The molecule has 0 saturated heterocycles. The number of aromatic nitrogens is 4. The molecule has 2 aliphatic heterocycles. The summed E-state index contributed by atoms with van der Waals surface area (Å²) in [5.41, 5.74) is 2.41. The number of benzene rings is 1. The molecule has 2 amide bonds. The van der Waals surface area contributed by atoms with Crippen molar-refractivity contribution >= 4 is 34.7 Å². The molecule has 9 nitrogen and oxygen atoms in total. The molecule has 1 aromatic carbocycles. The fourth-order valence-electron chi connectivity index (χ4n) is 5.62. The number of H-pyrrole nitrogens is 1. The summed E-state index contributed by atoms with van der Waals surface area (Å²) in [6.07, 6.45) is 7.99. The van der Waals surface area contributed by atoms with Crippen molar-refractivity contribution in [1.82, 2.24) is 24.6 Å². The standard InChI is InChI=1S/C31H27ClF2N6O3/c1-17-3-2-4-25(39-12-9-18(14-27(39)42)28-22(33)6-5-21(32)29(28)34)23-13-19(7-10-35-23)30-24(37-31(17)43)16-40(38-30)20-8-11-36-26(41)15-20/h5-8,10-11,13-17,25H,2-4,9,12H2,1H3,(H,36,41)(H,37,43)/t17-,25+/m1/s1. The van der Waals surface area contributed by atoms with Gasteiger partial charge in [0, 0.05) is 42.6 Å². The number of nitrogens with zero attached hydrogens (tertiary/aromatic N) is 4. The van der Waals surface area contributed by atoms with E-state index in [1.54, 1.807) is 29.4 Å². The average molecular weight is 605 g/mol. The lowest BCUT2D eigenvalue weighted by Crippen LogP contribution is -2.38. The van der Waals surface area contributed by atoms with E-state index in [1.165, 1.54) is 23.0 Å². The predicted molar refractivity (Wildman–Crippen MR) is 157 cm³/mol. The molecular weight excluding hydrogens is 578 g/mol. The van der Waals surface area contributed by atoms with Crippen LogP contribution in [0.5, 0.6) is 0 Å². The lowest BCUT2D eigenvalue weighted by molar-refractivity contribution is -0.129. The number of nitrogens with one attached hydrogen (secondary N) is 2. The third-order valence-electron chi connectivity index (χ3n) is 7.90. The van der Waals surface area contributed by atoms with E-state index in [1.807, 2.05) is 13.0 Å². The molecule has 5 heterocycles. The zero-order valence-electron chi connectivity index (χ0n) is 23.1. The Balaban J connectivity index is 1.39. The first-order valence-electron chi connectivity index (χ1n) is 13.9. The Bertz CT molecular complexity index is 1830. The van der Waals surface area contributed by atoms with Gasteiger partial charge in [-0.1, -0.05) is 24.9 Å². The summed E-state index contributed by atoms with van der Waals surface area (Å²) in [6, 6.07) is 8.47. The molecule has 0 saturated carbocycles. The molecule has 2 N–H and O–H groups in total. The Kier molecular flexibility index (Phi) is 7.66. The van der Waals surface area contributed by atoms with E-state index >= 15 is 0 Å². The second-order valence-electron chi connectivity index (χ2n) is 10.7. The number of carbonyl (C=O) groups excluding carboxylic acids is 2. The van der Waals surface area contributed by atoms with Gasteiger partial charge in [-0.15, -0.1) is 0 Å². The number of hydrogen-bond donors (Lipinski definition) is 2. The van der Waals surface area contributed by atoms with Crippen molar-refractivity contribution in [3.63, 3.8) is 0 Å². The quantitative estimate of drug-likeness (QED) is 0.293. The summed E-state index contributed by atoms with van der Waals surface area (Å²) in [4.78, 5) is 47.4. The molecule has 2 aliphatic rings.